The van der Waals surface area contributed by atoms with Crippen molar-refractivity contribution in [3.8, 4) is 22.7 Å². The molecule has 0 unspecified atom stereocenters. The zero-order valence-electron chi connectivity index (χ0n) is 18.5. The number of nitrogens with zero attached hydrogens (tertiary/aromatic N) is 2. The van der Waals surface area contributed by atoms with Crippen LogP contribution in [-0.4, -0.2) is 40.6 Å². The lowest BCUT2D eigenvalue weighted by Gasteiger charge is -2.34. The maximum Gasteiger partial charge on any atom is 0.319 e. The molecule has 0 radical (unpaired) electrons. The lowest BCUT2D eigenvalue weighted by atomic mass is 9.81. The highest BCUT2D eigenvalue weighted by Gasteiger charge is 2.38. The number of hydrogen-bond donors (Lipinski definition) is 2. The second-order valence-corrected chi connectivity index (χ2v) is 8.32. The summed E-state index contributed by atoms with van der Waals surface area (Å²) in [6.07, 6.45) is 1.84. The number of carbonyl (C=O) groups is 1. The number of carbonyl (C=O) groups excluding carboxylic acids is 1. The van der Waals surface area contributed by atoms with Gasteiger partial charge in [0, 0.05) is 5.56 Å². The van der Waals surface area contributed by atoms with E-state index in [0.717, 1.165) is 22.7 Å². The highest BCUT2D eigenvalue weighted by molar-refractivity contribution is 5.71. The van der Waals surface area contributed by atoms with Crippen LogP contribution in [0, 0.1) is 6.92 Å². The van der Waals surface area contributed by atoms with Gasteiger partial charge in [-0.25, -0.2) is 4.68 Å². The topological polar surface area (TPSA) is 99.6 Å². The second-order valence-electron chi connectivity index (χ2n) is 8.32. The molecule has 0 spiro atoms. The van der Waals surface area contributed by atoms with Gasteiger partial charge in [-0.15, -0.1) is 0 Å². The van der Waals surface area contributed by atoms with Crippen LogP contribution in [0.5, 0.6) is 5.75 Å². The maximum atomic E-state index is 11.5. The highest BCUT2D eigenvalue weighted by atomic mass is 16.5. The SMILES string of the molecule is COc1ccc(-n2nc([C@]3(O)CC[C@H](OC(=O)CN)CC3)cc2-c2ccc(C)cc2)cc1. The van der Waals surface area contributed by atoms with Gasteiger partial charge in [0.25, 0.3) is 0 Å². The van der Waals surface area contributed by atoms with Crippen molar-refractivity contribution in [2.45, 2.75) is 44.3 Å². The van der Waals surface area contributed by atoms with Gasteiger partial charge in [0.2, 0.25) is 0 Å². The average Bonchev–Trinajstić information content (AvgIpc) is 3.27. The standard InChI is InChI=1S/C25H29N3O4/c1-17-3-5-18(6-4-17)22-15-23(27-28(22)19-7-9-20(31-2)10-8-19)25(30)13-11-21(12-14-25)32-24(29)16-26/h3-10,15,21,30H,11-14,16,26H2,1-2H3/t21-,25-. The van der Waals surface area contributed by atoms with Gasteiger partial charge in [-0.2, -0.15) is 5.10 Å². The second kappa shape index (κ2) is 9.14. The van der Waals surface area contributed by atoms with Crippen LogP contribution < -0.4 is 10.5 Å². The van der Waals surface area contributed by atoms with E-state index in [0.29, 0.717) is 31.4 Å². The van der Waals surface area contributed by atoms with E-state index in [-0.39, 0.29) is 12.6 Å². The quantitative estimate of drug-likeness (QED) is 0.575. The van der Waals surface area contributed by atoms with E-state index in [1.165, 1.54) is 5.56 Å². The van der Waals surface area contributed by atoms with Gasteiger partial charge < -0.3 is 20.3 Å². The Balaban J connectivity index is 1.67. The molecule has 1 aromatic heterocycles. The molecule has 1 aliphatic carbocycles. The minimum absolute atomic E-state index is 0.132. The van der Waals surface area contributed by atoms with Crippen molar-refractivity contribution in [2.75, 3.05) is 13.7 Å². The molecule has 7 nitrogen and oxygen atoms in total. The predicted molar refractivity (Wildman–Crippen MR) is 122 cm³/mol. The molecular formula is C25H29N3O4. The molecule has 32 heavy (non-hydrogen) atoms. The zero-order chi connectivity index (χ0) is 22.7. The van der Waals surface area contributed by atoms with Crippen molar-refractivity contribution in [3.05, 3.63) is 65.9 Å². The molecule has 0 atom stereocenters. The summed E-state index contributed by atoms with van der Waals surface area (Å²) in [6.45, 7) is 1.92. The third kappa shape index (κ3) is 4.54. The van der Waals surface area contributed by atoms with Crippen LogP contribution in [-0.2, 0) is 15.1 Å². The van der Waals surface area contributed by atoms with Crippen molar-refractivity contribution in [1.29, 1.82) is 0 Å². The molecule has 3 N–H and O–H groups in total. The number of nitrogens with two attached hydrogens (primary N) is 1. The number of aryl methyl sites for hydroxylation is 1. The fourth-order valence-corrected chi connectivity index (χ4v) is 4.14. The smallest absolute Gasteiger partial charge is 0.319 e. The monoisotopic (exact) mass is 435 g/mol. The fraction of sp³-hybridized carbons (Fsp3) is 0.360. The summed E-state index contributed by atoms with van der Waals surface area (Å²) in [5, 5.41) is 16.3. The predicted octanol–water partition coefficient (Wildman–Crippen LogP) is 3.49. The summed E-state index contributed by atoms with van der Waals surface area (Å²) >= 11 is 0. The molecule has 7 heteroatoms. The van der Waals surface area contributed by atoms with Gasteiger partial charge in [-0.05, 0) is 62.9 Å². The number of hydrogen-bond acceptors (Lipinski definition) is 6. The molecule has 2 aromatic carbocycles. The summed E-state index contributed by atoms with van der Waals surface area (Å²) in [6, 6.07) is 17.9. The normalized spacial score (nSPS) is 20.7. The Morgan fingerprint density at radius 3 is 2.41 bits per heavy atom. The number of rotatable bonds is 6. The van der Waals surface area contributed by atoms with Gasteiger partial charge in [0.1, 0.15) is 17.5 Å². The van der Waals surface area contributed by atoms with Crippen LogP contribution in [0.3, 0.4) is 0 Å². The van der Waals surface area contributed by atoms with Crippen molar-refractivity contribution in [2.24, 2.45) is 5.73 Å². The number of aliphatic hydroxyl groups is 1. The van der Waals surface area contributed by atoms with Crippen molar-refractivity contribution in [1.82, 2.24) is 9.78 Å². The number of aromatic nitrogens is 2. The summed E-state index contributed by atoms with van der Waals surface area (Å²) in [7, 11) is 1.63. The molecule has 1 aliphatic rings. The number of benzene rings is 2. The third-order valence-corrected chi connectivity index (χ3v) is 6.08. The van der Waals surface area contributed by atoms with Crippen LogP contribution >= 0.6 is 0 Å². The lowest BCUT2D eigenvalue weighted by Crippen LogP contribution is -2.36. The molecular weight excluding hydrogens is 406 g/mol. The van der Waals surface area contributed by atoms with Gasteiger partial charge in [-0.1, -0.05) is 29.8 Å². The average molecular weight is 436 g/mol. The van der Waals surface area contributed by atoms with Crippen molar-refractivity contribution < 1.29 is 19.4 Å². The van der Waals surface area contributed by atoms with Gasteiger partial charge in [-0.3, -0.25) is 4.79 Å². The van der Waals surface area contributed by atoms with Gasteiger partial charge in [0.15, 0.2) is 0 Å². The number of ether oxygens (including phenoxy) is 2. The molecule has 1 fully saturated rings. The van der Waals surface area contributed by atoms with Crippen molar-refractivity contribution in [3.63, 3.8) is 0 Å². The van der Waals surface area contributed by atoms with E-state index in [9.17, 15) is 9.90 Å². The van der Waals surface area contributed by atoms with Crippen molar-refractivity contribution >= 4 is 5.97 Å². The molecule has 1 saturated carbocycles. The fourth-order valence-electron chi connectivity index (χ4n) is 4.14. The molecule has 0 aliphatic heterocycles. The lowest BCUT2D eigenvalue weighted by molar-refractivity contribution is -0.152. The van der Waals surface area contributed by atoms with Crippen LogP contribution in [0.2, 0.25) is 0 Å². The summed E-state index contributed by atoms with van der Waals surface area (Å²) in [4.78, 5) is 11.5. The molecule has 3 aromatic rings. The molecule has 0 bridgehead atoms. The van der Waals surface area contributed by atoms with E-state index >= 15 is 0 Å². The summed E-state index contributed by atoms with van der Waals surface area (Å²) in [5.41, 5.74) is 8.85. The largest absolute Gasteiger partial charge is 0.497 e. The van der Waals surface area contributed by atoms with E-state index in [4.69, 9.17) is 20.3 Å². The Kier molecular flexibility index (Phi) is 6.30. The van der Waals surface area contributed by atoms with Gasteiger partial charge >= 0.3 is 5.97 Å². The minimum Gasteiger partial charge on any atom is -0.497 e. The molecule has 1 heterocycles. The molecule has 0 saturated heterocycles. The molecule has 168 valence electrons. The Hall–Kier alpha value is -3.16. The Bertz CT molecular complexity index is 1070. The summed E-state index contributed by atoms with van der Waals surface area (Å²) in [5.74, 6) is 0.355. The maximum absolute atomic E-state index is 11.5. The summed E-state index contributed by atoms with van der Waals surface area (Å²) < 4.78 is 12.5. The Morgan fingerprint density at radius 1 is 1.16 bits per heavy atom. The molecule has 0 amide bonds. The van der Waals surface area contributed by atoms with E-state index in [2.05, 4.69) is 31.2 Å². The first-order chi connectivity index (χ1) is 15.4. The zero-order valence-corrected chi connectivity index (χ0v) is 18.5. The Morgan fingerprint density at radius 2 is 1.81 bits per heavy atom. The first-order valence-corrected chi connectivity index (χ1v) is 10.9. The van der Waals surface area contributed by atoms with Crippen LogP contribution in [0.1, 0.15) is 36.9 Å². The first kappa shape index (κ1) is 22.0. The number of esters is 1. The minimum atomic E-state index is -1.08. The van der Waals surface area contributed by atoms with Gasteiger partial charge in [0.05, 0.1) is 30.7 Å². The number of methoxy groups -OCH3 is 1. The third-order valence-electron chi connectivity index (χ3n) is 6.08. The molecule has 4 rings (SSSR count). The van der Waals surface area contributed by atoms with E-state index in [1.807, 2.05) is 35.0 Å². The highest BCUT2D eigenvalue weighted by Crippen LogP contribution is 2.39. The Labute approximate surface area is 187 Å². The van der Waals surface area contributed by atoms with E-state index in [1.54, 1.807) is 7.11 Å². The first-order valence-electron chi connectivity index (χ1n) is 10.9. The van der Waals surface area contributed by atoms with E-state index < -0.39 is 11.6 Å². The van der Waals surface area contributed by atoms with Crippen LogP contribution in [0.4, 0.5) is 0 Å². The van der Waals surface area contributed by atoms with Crippen LogP contribution in [0.15, 0.2) is 54.6 Å². The van der Waals surface area contributed by atoms with Crippen LogP contribution in [0.25, 0.3) is 16.9 Å².